The van der Waals surface area contributed by atoms with Crippen molar-refractivity contribution < 1.29 is 28.7 Å². The number of nitrogens with two attached hydrogens (primary N) is 1. The van der Waals surface area contributed by atoms with Gasteiger partial charge in [-0.05, 0) is 36.5 Å². The fourth-order valence-electron chi connectivity index (χ4n) is 2.92. The fourth-order valence-corrected chi connectivity index (χ4v) is 3.20. The summed E-state index contributed by atoms with van der Waals surface area (Å²) >= 11 is 5.29. The highest BCUT2D eigenvalue weighted by molar-refractivity contribution is 7.80. The van der Waals surface area contributed by atoms with Gasteiger partial charge in [0, 0.05) is 18.3 Å². The second-order valence-electron chi connectivity index (χ2n) is 6.45. The molecule has 152 valence electrons. The molecule has 0 spiro atoms. The molecule has 29 heavy (non-hydrogen) atoms. The van der Waals surface area contributed by atoms with Crippen molar-refractivity contribution in [1.29, 1.82) is 0 Å². The van der Waals surface area contributed by atoms with E-state index in [1.54, 1.807) is 0 Å². The third-order valence-electron chi connectivity index (χ3n) is 4.55. The molecule has 0 saturated carbocycles. The van der Waals surface area contributed by atoms with Crippen molar-refractivity contribution in [1.82, 2.24) is 15.1 Å². The first kappa shape index (κ1) is 20.2. The number of likely N-dealkylation sites (N-methyl/N-ethyl adjacent to an activating group) is 1. The molecule has 0 radical (unpaired) electrons. The van der Waals surface area contributed by atoms with Crippen LogP contribution < -0.4 is 20.8 Å². The maximum atomic E-state index is 12.6. The Kier molecular flexibility index (Phi) is 5.46. The minimum absolute atomic E-state index is 0.0288. The molecule has 3 rings (SSSR count). The van der Waals surface area contributed by atoms with Crippen LogP contribution in [0.15, 0.2) is 28.8 Å². The molecule has 1 aliphatic heterocycles. The lowest BCUT2D eigenvalue weighted by atomic mass is 10.1. The van der Waals surface area contributed by atoms with Gasteiger partial charge in [0.2, 0.25) is 11.8 Å². The number of nitrogens with one attached hydrogen (secondary N) is 1. The highest BCUT2D eigenvalue weighted by atomic mass is 32.1. The number of benzene rings is 1. The lowest BCUT2D eigenvalue weighted by molar-refractivity contribution is -0.746. The van der Waals surface area contributed by atoms with Crippen molar-refractivity contribution in [3.05, 3.63) is 35.5 Å². The molecule has 0 bridgehead atoms. The molecule has 2 heterocycles. The van der Waals surface area contributed by atoms with Gasteiger partial charge in [0.05, 0.1) is 11.7 Å². The van der Waals surface area contributed by atoms with Gasteiger partial charge in [-0.3, -0.25) is 19.3 Å². The number of carbonyl (C=O) groups excluding carboxylic acids is 3. The van der Waals surface area contributed by atoms with Crippen LogP contribution in [0.2, 0.25) is 0 Å². The summed E-state index contributed by atoms with van der Waals surface area (Å²) in [6, 6.07) is 5.14. The van der Waals surface area contributed by atoms with Crippen molar-refractivity contribution in [3.8, 4) is 5.95 Å². The van der Waals surface area contributed by atoms with Crippen LogP contribution in [-0.4, -0.2) is 51.0 Å². The zero-order valence-electron chi connectivity index (χ0n) is 15.6. The van der Waals surface area contributed by atoms with E-state index in [4.69, 9.17) is 18.0 Å². The quantitative estimate of drug-likeness (QED) is 0.431. The van der Waals surface area contributed by atoms with E-state index in [-0.39, 0.29) is 29.7 Å². The van der Waals surface area contributed by atoms with Crippen molar-refractivity contribution >= 4 is 40.7 Å². The SMILES string of the molecule is CN1C(=O)C(CC(=O)Nc2ccc(C(N)=O)cc2)N(Cc2c([O-])on[n+]2C)C1=S. The fraction of sp³-hybridized carbons (Fsp3) is 0.294. The van der Waals surface area contributed by atoms with Gasteiger partial charge in [-0.1, -0.05) is 4.68 Å². The van der Waals surface area contributed by atoms with Crippen molar-refractivity contribution in [2.45, 2.75) is 19.0 Å². The Hall–Kier alpha value is -3.54. The molecule has 1 aliphatic rings. The monoisotopic (exact) mass is 418 g/mol. The molecule has 12 heteroatoms. The largest absolute Gasteiger partial charge is 0.539 e. The summed E-state index contributed by atoms with van der Waals surface area (Å²) in [5.41, 5.74) is 6.14. The predicted octanol–water partition coefficient (Wildman–Crippen LogP) is -1.37. The lowest BCUT2D eigenvalue weighted by Gasteiger charge is -2.21. The summed E-state index contributed by atoms with van der Waals surface area (Å²) in [6.07, 6.45) is -0.190. The minimum Gasteiger partial charge on any atom is -0.539 e. The molecule has 1 fully saturated rings. The first-order valence-electron chi connectivity index (χ1n) is 8.48. The second-order valence-corrected chi connectivity index (χ2v) is 6.81. The van der Waals surface area contributed by atoms with Crippen LogP contribution in [0.25, 0.3) is 0 Å². The average molecular weight is 418 g/mol. The molecule has 1 aromatic heterocycles. The predicted molar refractivity (Wildman–Crippen MR) is 100 cm³/mol. The number of primary amides is 1. The first-order chi connectivity index (χ1) is 13.7. The van der Waals surface area contributed by atoms with E-state index in [1.807, 2.05) is 0 Å². The number of hydrogen-bond acceptors (Lipinski definition) is 7. The summed E-state index contributed by atoms with van der Waals surface area (Å²) in [5, 5.41) is 18.2. The number of anilines is 1. The van der Waals surface area contributed by atoms with Crippen LogP contribution in [0.3, 0.4) is 0 Å². The normalized spacial score (nSPS) is 16.4. The number of thiocarbonyl (C=S) groups is 1. The highest BCUT2D eigenvalue weighted by Gasteiger charge is 2.43. The van der Waals surface area contributed by atoms with Gasteiger partial charge in [0.1, 0.15) is 12.6 Å². The van der Waals surface area contributed by atoms with Crippen LogP contribution in [0.4, 0.5) is 5.69 Å². The molecule has 1 atom stereocenters. The molecule has 3 N–H and O–H groups in total. The Morgan fingerprint density at radius 3 is 2.59 bits per heavy atom. The van der Waals surface area contributed by atoms with Gasteiger partial charge in [0.15, 0.2) is 18.1 Å². The van der Waals surface area contributed by atoms with Crippen LogP contribution in [0.1, 0.15) is 22.5 Å². The van der Waals surface area contributed by atoms with E-state index in [0.29, 0.717) is 11.3 Å². The number of aromatic nitrogens is 2. The Labute approximate surface area is 170 Å². The van der Waals surface area contributed by atoms with Gasteiger partial charge in [-0.2, -0.15) is 0 Å². The molecule has 11 nitrogen and oxygen atoms in total. The van der Waals surface area contributed by atoms with E-state index in [2.05, 4.69) is 15.1 Å². The summed E-state index contributed by atoms with van der Waals surface area (Å²) < 4.78 is 5.85. The van der Waals surface area contributed by atoms with Gasteiger partial charge >= 0.3 is 0 Å². The first-order valence-corrected chi connectivity index (χ1v) is 8.89. The van der Waals surface area contributed by atoms with E-state index in [1.165, 1.54) is 52.8 Å². The molecule has 1 unspecified atom stereocenters. The zero-order valence-corrected chi connectivity index (χ0v) is 16.4. The lowest BCUT2D eigenvalue weighted by Crippen LogP contribution is -2.42. The molecule has 2 aromatic rings. The van der Waals surface area contributed by atoms with E-state index in [0.717, 1.165) is 0 Å². The van der Waals surface area contributed by atoms with Crippen molar-refractivity contribution in [2.24, 2.45) is 12.8 Å². The average Bonchev–Trinajstić information content (AvgIpc) is 3.09. The second kappa shape index (κ2) is 7.83. The Morgan fingerprint density at radius 2 is 2.03 bits per heavy atom. The van der Waals surface area contributed by atoms with Crippen LogP contribution in [-0.2, 0) is 23.2 Å². The molecule has 3 amide bonds. The van der Waals surface area contributed by atoms with Crippen molar-refractivity contribution in [3.63, 3.8) is 0 Å². The van der Waals surface area contributed by atoms with Crippen LogP contribution in [0, 0.1) is 0 Å². The molecular formula is C17H18N6O5S. The Morgan fingerprint density at radius 1 is 1.38 bits per heavy atom. The zero-order chi connectivity index (χ0) is 21.3. The van der Waals surface area contributed by atoms with Crippen LogP contribution >= 0.6 is 12.2 Å². The van der Waals surface area contributed by atoms with E-state index < -0.39 is 23.8 Å². The number of aryl methyl sites for hydroxylation is 1. The van der Waals surface area contributed by atoms with Gasteiger partial charge in [-0.15, -0.1) is 0 Å². The third-order valence-corrected chi connectivity index (χ3v) is 5.06. The number of rotatable bonds is 6. The Bertz CT molecular complexity index is 969. The molecule has 0 aliphatic carbocycles. The van der Waals surface area contributed by atoms with Gasteiger partial charge in [-0.25, -0.2) is 0 Å². The number of hydrogen-bond donors (Lipinski definition) is 2. The van der Waals surface area contributed by atoms with Crippen LogP contribution in [0.5, 0.6) is 5.95 Å². The topological polar surface area (TPSA) is 149 Å². The molecule has 1 saturated heterocycles. The minimum atomic E-state index is -0.883. The maximum absolute atomic E-state index is 12.6. The van der Waals surface area contributed by atoms with Crippen molar-refractivity contribution in [2.75, 3.05) is 12.4 Å². The summed E-state index contributed by atoms with van der Waals surface area (Å²) in [4.78, 5) is 38.9. The number of amides is 3. The number of nitrogens with zero attached hydrogens (tertiary/aromatic N) is 4. The molecular weight excluding hydrogens is 400 g/mol. The highest BCUT2D eigenvalue weighted by Crippen LogP contribution is 2.23. The maximum Gasteiger partial charge on any atom is 0.252 e. The third kappa shape index (κ3) is 4.01. The van der Waals surface area contributed by atoms with E-state index >= 15 is 0 Å². The molecule has 1 aromatic carbocycles. The smallest absolute Gasteiger partial charge is 0.252 e. The van der Waals surface area contributed by atoms with Gasteiger partial charge in [0.25, 0.3) is 11.6 Å². The summed E-state index contributed by atoms with van der Waals surface area (Å²) in [7, 11) is 3.03. The summed E-state index contributed by atoms with van der Waals surface area (Å²) in [6.45, 7) is -0.0288. The Balaban J connectivity index is 1.74. The number of carbonyl (C=O) groups is 3. The standard InChI is InChI=1S/C17H18N6O5S/c1-21-15(26)11(23(17(21)29)8-12-16(27)28-20-22(12)2)7-13(24)19-10-5-3-9(4-6-10)14(18)25/h3-6,11H,7-8H2,1-2H3,(H3-,18,19,20,24,25,27). The summed E-state index contributed by atoms with van der Waals surface area (Å²) in [5.74, 6) is -2.02. The van der Waals surface area contributed by atoms with Gasteiger partial charge < -0.3 is 25.6 Å². The van der Waals surface area contributed by atoms with E-state index in [9.17, 15) is 19.5 Å².